The van der Waals surface area contributed by atoms with Gasteiger partial charge in [-0.05, 0) is 49.4 Å². The fraction of sp³-hybridized carbons (Fsp3) is 0.333. The Morgan fingerprint density at radius 2 is 1.93 bits per heavy atom. The lowest BCUT2D eigenvalue weighted by Crippen LogP contribution is -2.47. The number of nitrogens with zero attached hydrogens (tertiary/aromatic N) is 2. The molecule has 1 N–H and O–H groups in total. The minimum absolute atomic E-state index is 0.00950. The van der Waals surface area contributed by atoms with Gasteiger partial charge in [-0.3, -0.25) is 9.59 Å². The van der Waals surface area contributed by atoms with Crippen LogP contribution in [0.3, 0.4) is 0 Å². The number of piperidine rings is 1. The van der Waals surface area contributed by atoms with Gasteiger partial charge in [-0.15, -0.1) is 0 Å². The van der Waals surface area contributed by atoms with E-state index in [4.69, 9.17) is 4.42 Å². The minimum atomic E-state index is -0.0841. The quantitative estimate of drug-likeness (QED) is 0.773. The molecule has 6 heteroatoms. The van der Waals surface area contributed by atoms with Crippen LogP contribution in [0.2, 0.25) is 0 Å². The molecular weight excluding hydrogens is 342 g/mol. The summed E-state index contributed by atoms with van der Waals surface area (Å²) in [6, 6.07) is 13.7. The first kappa shape index (κ1) is 17.4. The van der Waals surface area contributed by atoms with Crippen LogP contribution in [-0.4, -0.2) is 40.4 Å². The second kappa shape index (κ2) is 7.31. The van der Waals surface area contributed by atoms with Crippen molar-refractivity contribution >= 4 is 22.7 Å². The van der Waals surface area contributed by atoms with Gasteiger partial charge in [0.2, 0.25) is 5.91 Å². The number of nitrogens with one attached hydrogen (secondary N) is 1. The lowest BCUT2D eigenvalue weighted by Gasteiger charge is -2.32. The summed E-state index contributed by atoms with van der Waals surface area (Å²) in [7, 11) is 0. The number of fused-ring (bicyclic) bond motifs is 1. The number of carbonyl (C=O) groups is 2. The summed E-state index contributed by atoms with van der Waals surface area (Å²) in [6.45, 7) is 3.57. The van der Waals surface area contributed by atoms with Crippen LogP contribution in [0.4, 0.5) is 0 Å². The first-order valence-corrected chi connectivity index (χ1v) is 9.29. The van der Waals surface area contributed by atoms with Crippen molar-refractivity contribution in [3.8, 4) is 0 Å². The highest BCUT2D eigenvalue weighted by Crippen LogP contribution is 2.19. The van der Waals surface area contributed by atoms with Gasteiger partial charge in [0.25, 0.3) is 5.91 Å². The van der Waals surface area contributed by atoms with Gasteiger partial charge in [0.05, 0.1) is 6.26 Å². The number of amides is 2. The van der Waals surface area contributed by atoms with Gasteiger partial charge in [-0.1, -0.05) is 18.2 Å². The summed E-state index contributed by atoms with van der Waals surface area (Å²) in [5.41, 5.74) is 2.15. The van der Waals surface area contributed by atoms with Crippen LogP contribution in [0.5, 0.6) is 0 Å². The molecular formula is C21H23N3O3. The zero-order valence-corrected chi connectivity index (χ0v) is 15.4. The van der Waals surface area contributed by atoms with Crippen molar-refractivity contribution in [3.63, 3.8) is 0 Å². The van der Waals surface area contributed by atoms with Crippen LogP contribution < -0.4 is 5.32 Å². The van der Waals surface area contributed by atoms with E-state index in [-0.39, 0.29) is 17.9 Å². The Labute approximate surface area is 157 Å². The summed E-state index contributed by atoms with van der Waals surface area (Å²) < 4.78 is 7.22. The third-order valence-electron chi connectivity index (χ3n) is 5.20. The molecule has 1 saturated heterocycles. The standard InChI is InChI=1S/C21H23N3O3/c1-15-13-16-5-2-3-6-18(16)24(15)14-20(25)22-17-8-10-23(11-9-17)21(26)19-7-4-12-27-19/h2-7,12-13,17H,8-11,14H2,1H3,(H,22,25). The van der Waals surface area contributed by atoms with Crippen molar-refractivity contribution in [2.75, 3.05) is 13.1 Å². The summed E-state index contributed by atoms with van der Waals surface area (Å²) >= 11 is 0. The number of likely N-dealkylation sites (tertiary alicyclic amines) is 1. The SMILES string of the molecule is Cc1cc2ccccc2n1CC(=O)NC1CCN(C(=O)c2ccco2)CC1. The Kier molecular flexibility index (Phi) is 4.71. The minimum Gasteiger partial charge on any atom is -0.459 e. The third kappa shape index (κ3) is 3.60. The normalized spacial score (nSPS) is 15.2. The molecule has 0 atom stereocenters. The fourth-order valence-corrected chi connectivity index (χ4v) is 3.76. The van der Waals surface area contributed by atoms with Crippen LogP contribution in [0, 0.1) is 6.92 Å². The Bertz CT molecular complexity index is 950. The lowest BCUT2D eigenvalue weighted by atomic mass is 10.0. The van der Waals surface area contributed by atoms with Crippen molar-refractivity contribution in [2.24, 2.45) is 0 Å². The van der Waals surface area contributed by atoms with E-state index in [2.05, 4.69) is 17.4 Å². The van der Waals surface area contributed by atoms with Crippen LogP contribution in [0.25, 0.3) is 10.9 Å². The van der Waals surface area contributed by atoms with E-state index in [1.54, 1.807) is 17.0 Å². The first-order chi connectivity index (χ1) is 13.1. The van der Waals surface area contributed by atoms with E-state index < -0.39 is 0 Å². The summed E-state index contributed by atoms with van der Waals surface area (Å²) in [5.74, 6) is 0.293. The average Bonchev–Trinajstić information content (AvgIpc) is 3.31. The van der Waals surface area contributed by atoms with E-state index in [0.29, 0.717) is 25.4 Å². The van der Waals surface area contributed by atoms with Gasteiger partial charge < -0.3 is 19.2 Å². The fourth-order valence-electron chi connectivity index (χ4n) is 3.76. The van der Waals surface area contributed by atoms with Gasteiger partial charge >= 0.3 is 0 Å². The highest BCUT2D eigenvalue weighted by Gasteiger charge is 2.26. The Morgan fingerprint density at radius 1 is 1.15 bits per heavy atom. The van der Waals surface area contributed by atoms with Crippen molar-refractivity contribution in [1.82, 2.24) is 14.8 Å². The van der Waals surface area contributed by atoms with Crippen molar-refractivity contribution < 1.29 is 14.0 Å². The van der Waals surface area contributed by atoms with Gasteiger partial charge in [-0.2, -0.15) is 0 Å². The number of furan rings is 1. The lowest BCUT2D eigenvalue weighted by molar-refractivity contribution is -0.122. The number of benzene rings is 1. The zero-order chi connectivity index (χ0) is 18.8. The Balaban J connectivity index is 1.33. The van der Waals surface area contributed by atoms with Gasteiger partial charge in [-0.25, -0.2) is 0 Å². The predicted octanol–water partition coefficient (Wildman–Crippen LogP) is 2.96. The van der Waals surface area contributed by atoms with Gasteiger partial charge in [0.15, 0.2) is 5.76 Å². The monoisotopic (exact) mass is 365 g/mol. The maximum atomic E-state index is 12.5. The Hall–Kier alpha value is -3.02. The molecule has 0 saturated carbocycles. The van der Waals surface area contributed by atoms with Gasteiger partial charge in [0.1, 0.15) is 6.54 Å². The van der Waals surface area contributed by atoms with Gasteiger partial charge in [0, 0.05) is 30.3 Å². The molecule has 0 aliphatic carbocycles. The molecule has 0 spiro atoms. The van der Waals surface area contributed by atoms with Crippen molar-refractivity contribution in [3.05, 3.63) is 60.2 Å². The summed E-state index contributed by atoms with van der Waals surface area (Å²) in [5, 5.41) is 4.27. The zero-order valence-electron chi connectivity index (χ0n) is 15.4. The smallest absolute Gasteiger partial charge is 0.289 e. The molecule has 3 heterocycles. The molecule has 1 aliphatic heterocycles. The molecule has 1 aliphatic rings. The molecule has 1 fully saturated rings. The molecule has 1 aromatic carbocycles. The molecule has 2 amide bonds. The second-order valence-electron chi connectivity index (χ2n) is 7.04. The summed E-state index contributed by atoms with van der Waals surface area (Å²) in [6.07, 6.45) is 3.01. The number of aryl methyl sites for hydroxylation is 1. The molecule has 140 valence electrons. The number of rotatable bonds is 4. The summed E-state index contributed by atoms with van der Waals surface area (Å²) in [4.78, 5) is 26.6. The van der Waals surface area contributed by atoms with E-state index in [9.17, 15) is 9.59 Å². The van der Waals surface area contributed by atoms with Crippen LogP contribution in [0.15, 0.2) is 53.1 Å². The number of hydrogen-bond donors (Lipinski definition) is 1. The van der Waals surface area contributed by atoms with Crippen molar-refractivity contribution in [1.29, 1.82) is 0 Å². The molecule has 3 aromatic rings. The van der Waals surface area contributed by atoms with E-state index >= 15 is 0 Å². The van der Waals surface area contributed by atoms with Crippen LogP contribution >= 0.6 is 0 Å². The molecule has 2 aromatic heterocycles. The maximum absolute atomic E-state index is 12.5. The number of hydrogen-bond acceptors (Lipinski definition) is 3. The average molecular weight is 365 g/mol. The number of carbonyl (C=O) groups excluding carboxylic acids is 2. The molecule has 6 nitrogen and oxygen atoms in total. The first-order valence-electron chi connectivity index (χ1n) is 9.29. The molecule has 27 heavy (non-hydrogen) atoms. The van der Waals surface area contributed by atoms with E-state index in [0.717, 1.165) is 29.4 Å². The number of para-hydroxylation sites is 1. The van der Waals surface area contributed by atoms with E-state index in [1.165, 1.54) is 6.26 Å². The second-order valence-corrected chi connectivity index (χ2v) is 7.04. The molecule has 4 rings (SSSR count). The highest BCUT2D eigenvalue weighted by molar-refractivity contribution is 5.91. The largest absolute Gasteiger partial charge is 0.459 e. The topological polar surface area (TPSA) is 67.5 Å². The predicted molar refractivity (Wildman–Crippen MR) is 102 cm³/mol. The van der Waals surface area contributed by atoms with Crippen LogP contribution in [-0.2, 0) is 11.3 Å². The Morgan fingerprint density at radius 3 is 2.67 bits per heavy atom. The van der Waals surface area contributed by atoms with Crippen LogP contribution in [0.1, 0.15) is 29.1 Å². The molecule has 0 bridgehead atoms. The highest BCUT2D eigenvalue weighted by atomic mass is 16.3. The molecule has 0 radical (unpaired) electrons. The molecule has 0 unspecified atom stereocenters. The maximum Gasteiger partial charge on any atom is 0.289 e. The van der Waals surface area contributed by atoms with Crippen molar-refractivity contribution in [2.45, 2.75) is 32.4 Å². The number of aromatic nitrogens is 1. The van der Waals surface area contributed by atoms with E-state index in [1.807, 2.05) is 29.7 Å². The third-order valence-corrected chi connectivity index (χ3v) is 5.20.